The highest BCUT2D eigenvalue weighted by molar-refractivity contribution is 5.75. The number of aliphatic carboxylic acids is 1. The zero-order chi connectivity index (χ0) is 16.0. The minimum Gasteiger partial charge on any atom is -0.481 e. The van der Waals surface area contributed by atoms with E-state index >= 15 is 0 Å². The fourth-order valence-corrected chi connectivity index (χ4v) is 2.61. The van der Waals surface area contributed by atoms with E-state index in [1.807, 2.05) is 13.8 Å². The molecule has 0 aliphatic carbocycles. The summed E-state index contributed by atoms with van der Waals surface area (Å²) in [6.07, 6.45) is 1.10. The SMILES string of the molecule is CC(C)C(CNC(=O)NCC1CCN(C(C)C)C1)C(=O)O. The number of urea groups is 1. The van der Waals surface area contributed by atoms with Crippen LogP contribution in [0.25, 0.3) is 0 Å². The van der Waals surface area contributed by atoms with Crippen LogP contribution in [0.15, 0.2) is 0 Å². The van der Waals surface area contributed by atoms with Crippen LogP contribution in [0.4, 0.5) is 4.79 Å². The Bertz CT molecular complexity index is 358. The summed E-state index contributed by atoms with van der Waals surface area (Å²) in [5.41, 5.74) is 0. The Hall–Kier alpha value is -1.30. The molecular formula is C15H29N3O3. The Morgan fingerprint density at radius 3 is 2.38 bits per heavy atom. The van der Waals surface area contributed by atoms with Gasteiger partial charge in [-0.3, -0.25) is 4.79 Å². The molecule has 6 nitrogen and oxygen atoms in total. The first-order valence-corrected chi connectivity index (χ1v) is 7.79. The maximum absolute atomic E-state index is 11.7. The lowest BCUT2D eigenvalue weighted by molar-refractivity contribution is -0.142. The number of nitrogens with one attached hydrogen (secondary N) is 2. The Kier molecular flexibility index (Phi) is 6.95. The molecule has 0 aromatic carbocycles. The normalized spacial score (nSPS) is 20.8. The summed E-state index contributed by atoms with van der Waals surface area (Å²) in [7, 11) is 0. The van der Waals surface area contributed by atoms with Gasteiger partial charge in [0.05, 0.1) is 5.92 Å². The zero-order valence-corrected chi connectivity index (χ0v) is 13.6. The van der Waals surface area contributed by atoms with Crippen molar-refractivity contribution in [2.75, 3.05) is 26.2 Å². The highest BCUT2D eigenvalue weighted by Gasteiger charge is 2.25. The van der Waals surface area contributed by atoms with E-state index in [4.69, 9.17) is 5.11 Å². The van der Waals surface area contributed by atoms with E-state index in [-0.39, 0.29) is 18.5 Å². The molecule has 2 atom stereocenters. The summed E-state index contributed by atoms with van der Waals surface area (Å²) in [6.45, 7) is 11.0. The first-order valence-electron chi connectivity index (χ1n) is 7.79. The van der Waals surface area contributed by atoms with E-state index in [0.29, 0.717) is 18.5 Å². The van der Waals surface area contributed by atoms with Gasteiger partial charge in [-0.2, -0.15) is 0 Å². The van der Waals surface area contributed by atoms with Crippen LogP contribution in [-0.4, -0.2) is 54.2 Å². The van der Waals surface area contributed by atoms with Gasteiger partial charge in [-0.05, 0) is 38.6 Å². The number of carboxylic acid groups (broad SMARTS) is 1. The van der Waals surface area contributed by atoms with Gasteiger partial charge in [0.1, 0.15) is 0 Å². The average Bonchev–Trinajstić information content (AvgIpc) is 2.84. The second kappa shape index (κ2) is 8.22. The van der Waals surface area contributed by atoms with E-state index < -0.39 is 11.9 Å². The predicted octanol–water partition coefficient (Wildman–Crippen LogP) is 1.37. The number of carboxylic acids is 1. The number of likely N-dealkylation sites (tertiary alicyclic amines) is 1. The molecule has 1 fully saturated rings. The minimum absolute atomic E-state index is 0.00256. The first kappa shape index (κ1) is 17.8. The molecule has 3 N–H and O–H groups in total. The van der Waals surface area contributed by atoms with Crippen LogP contribution >= 0.6 is 0 Å². The molecule has 6 heteroatoms. The molecule has 0 saturated carbocycles. The van der Waals surface area contributed by atoms with Gasteiger partial charge in [0, 0.05) is 25.7 Å². The van der Waals surface area contributed by atoms with Crippen LogP contribution < -0.4 is 10.6 Å². The highest BCUT2D eigenvalue weighted by atomic mass is 16.4. The minimum atomic E-state index is -0.867. The number of carbonyl (C=O) groups excluding carboxylic acids is 1. The van der Waals surface area contributed by atoms with Gasteiger partial charge in [-0.15, -0.1) is 0 Å². The van der Waals surface area contributed by atoms with Gasteiger partial charge < -0.3 is 20.6 Å². The maximum atomic E-state index is 11.7. The predicted molar refractivity (Wildman–Crippen MR) is 82.2 cm³/mol. The topological polar surface area (TPSA) is 81.7 Å². The van der Waals surface area contributed by atoms with Crippen molar-refractivity contribution in [3.05, 3.63) is 0 Å². The summed E-state index contributed by atoms with van der Waals surface area (Å²) in [5, 5.41) is 14.6. The van der Waals surface area contributed by atoms with Crippen molar-refractivity contribution >= 4 is 12.0 Å². The molecular weight excluding hydrogens is 270 g/mol. The van der Waals surface area contributed by atoms with Crippen molar-refractivity contribution in [2.45, 2.75) is 40.2 Å². The average molecular weight is 299 g/mol. The first-order chi connectivity index (χ1) is 9.81. The summed E-state index contributed by atoms with van der Waals surface area (Å²) >= 11 is 0. The Labute approximate surface area is 127 Å². The number of nitrogens with zero attached hydrogens (tertiary/aromatic N) is 1. The smallest absolute Gasteiger partial charge is 0.314 e. The van der Waals surface area contributed by atoms with Crippen molar-refractivity contribution in [1.82, 2.24) is 15.5 Å². The summed E-state index contributed by atoms with van der Waals surface area (Å²) in [6, 6.07) is 0.274. The van der Waals surface area contributed by atoms with Crippen LogP contribution in [0.5, 0.6) is 0 Å². The third kappa shape index (κ3) is 5.91. The van der Waals surface area contributed by atoms with Gasteiger partial charge in [0.15, 0.2) is 0 Å². The molecule has 21 heavy (non-hydrogen) atoms. The molecule has 122 valence electrons. The Morgan fingerprint density at radius 1 is 1.24 bits per heavy atom. The van der Waals surface area contributed by atoms with E-state index in [2.05, 4.69) is 29.4 Å². The zero-order valence-electron chi connectivity index (χ0n) is 13.6. The molecule has 1 aliphatic rings. The third-order valence-corrected chi connectivity index (χ3v) is 4.20. The van der Waals surface area contributed by atoms with Crippen LogP contribution in [0.2, 0.25) is 0 Å². The van der Waals surface area contributed by atoms with E-state index in [1.165, 1.54) is 0 Å². The number of hydrogen-bond acceptors (Lipinski definition) is 3. The van der Waals surface area contributed by atoms with Crippen LogP contribution in [0, 0.1) is 17.8 Å². The number of carbonyl (C=O) groups is 2. The quantitative estimate of drug-likeness (QED) is 0.663. The van der Waals surface area contributed by atoms with Gasteiger partial charge in [-0.1, -0.05) is 13.8 Å². The van der Waals surface area contributed by atoms with E-state index in [1.54, 1.807) is 0 Å². The van der Waals surface area contributed by atoms with Gasteiger partial charge >= 0.3 is 12.0 Å². The molecule has 0 aromatic rings. The van der Waals surface area contributed by atoms with Gasteiger partial charge in [0.2, 0.25) is 0 Å². The second-order valence-corrected chi connectivity index (χ2v) is 6.52. The fourth-order valence-electron chi connectivity index (χ4n) is 2.61. The lowest BCUT2D eigenvalue weighted by atomic mass is 9.96. The molecule has 0 spiro atoms. The maximum Gasteiger partial charge on any atom is 0.314 e. The monoisotopic (exact) mass is 299 g/mol. The molecule has 1 heterocycles. The van der Waals surface area contributed by atoms with Crippen molar-refractivity contribution in [1.29, 1.82) is 0 Å². The van der Waals surface area contributed by atoms with Crippen LogP contribution in [0.3, 0.4) is 0 Å². The number of rotatable bonds is 7. The van der Waals surface area contributed by atoms with Crippen molar-refractivity contribution in [3.8, 4) is 0 Å². The lowest BCUT2D eigenvalue weighted by Gasteiger charge is -2.20. The van der Waals surface area contributed by atoms with Crippen molar-refractivity contribution < 1.29 is 14.7 Å². The molecule has 1 rings (SSSR count). The Balaban J connectivity index is 2.24. The van der Waals surface area contributed by atoms with Crippen molar-refractivity contribution in [2.24, 2.45) is 17.8 Å². The summed E-state index contributed by atoms with van der Waals surface area (Å²) in [5.74, 6) is -0.928. The van der Waals surface area contributed by atoms with Crippen molar-refractivity contribution in [3.63, 3.8) is 0 Å². The summed E-state index contributed by atoms with van der Waals surface area (Å²) in [4.78, 5) is 25.2. The molecule has 0 bridgehead atoms. The molecule has 0 aromatic heterocycles. The summed E-state index contributed by atoms with van der Waals surface area (Å²) < 4.78 is 0. The van der Waals surface area contributed by atoms with Crippen LogP contribution in [-0.2, 0) is 4.79 Å². The molecule has 2 unspecified atom stereocenters. The fraction of sp³-hybridized carbons (Fsp3) is 0.867. The van der Waals surface area contributed by atoms with Gasteiger partial charge in [-0.25, -0.2) is 4.79 Å². The second-order valence-electron chi connectivity index (χ2n) is 6.52. The Morgan fingerprint density at radius 2 is 1.90 bits per heavy atom. The van der Waals surface area contributed by atoms with E-state index in [0.717, 1.165) is 19.5 Å². The van der Waals surface area contributed by atoms with Crippen LogP contribution in [0.1, 0.15) is 34.1 Å². The molecule has 1 aliphatic heterocycles. The molecule has 1 saturated heterocycles. The molecule has 2 amide bonds. The molecule has 0 radical (unpaired) electrons. The highest BCUT2D eigenvalue weighted by Crippen LogP contribution is 2.17. The number of amides is 2. The lowest BCUT2D eigenvalue weighted by Crippen LogP contribution is -2.43. The third-order valence-electron chi connectivity index (χ3n) is 4.20. The van der Waals surface area contributed by atoms with Gasteiger partial charge in [0.25, 0.3) is 0 Å². The number of hydrogen-bond donors (Lipinski definition) is 3. The largest absolute Gasteiger partial charge is 0.481 e. The standard InChI is InChI=1S/C15H29N3O3/c1-10(2)13(14(19)20)8-17-15(21)16-7-12-5-6-18(9-12)11(3)4/h10-13H,5-9H2,1-4H3,(H,19,20)(H2,16,17,21). The van der Waals surface area contributed by atoms with E-state index in [9.17, 15) is 9.59 Å².